The predicted molar refractivity (Wildman–Crippen MR) is 94.9 cm³/mol. The lowest BCUT2D eigenvalue weighted by Gasteiger charge is -2.12. The third kappa shape index (κ3) is 3.35. The topological polar surface area (TPSA) is 39.9 Å². The number of hydrogen-bond acceptors (Lipinski definition) is 3. The first-order valence-corrected chi connectivity index (χ1v) is 8.03. The maximum absolute atomic E-state index is 13.3. The molecule has 124 valence electrons. The van der Waals surface area contributed by atoms with Crippen LogP contribution in [0.5, 0.6) is 5.75 Å². The molecular formula is C20H16FN3O. The van der Waals surface area contributed by atoms with Crippen molar-refractivity contribution in [3.8, 4) is 16.9 Å². The van der Waals surface area contributed by atoms with Crippen molar-refractivity contribution in [1.29, 1.82) is 0 Å². The van der Waals surface area contributed by atoms with Gasteiger partial charge in [0.25, 0.3) is 0 Å². The molecule has 2 heterocycles. The Morgan fingerprint density at radius 2 is 2.00 bits per heavy atom. The second kappa shape index (κ2) is 6.73. The molecule has 2 aromatic heterocycles. The predicted octanol–water partition coefficient (Wildman–Crippen LogP) is 4.32. The number of rotatable bonds is 5. The van der Waals surface area contributed by atoms with Gasteiger partial charge in [0.05, 0.1) is 18.4 Å². The van der Waals surface area contributed by atoms with E-state index in [0.29, 0.717) is 12.1 Å². The van der Waals surface area contributed by atoms with Crippen molar-refractivity contribution < 1.29 is 9.13 Å². The summed E-state index contributed by atoms with van der Waals surface area (Å²) in [4.78, 5) is 8.39. The highest BCUT2D eigenvalue weighted by Crippen LogP contribution is 2.31. The number of ether oxygens (including phenoxy) is 1. The molecule has 0 aliphatic carbocycles. The monoisotopic (exact) mass is 333 g/mol. The van der Waals surface area contributed by atoms with Gasteiger partial charge in [-0.1, -0.05) is 18.2 Å². The number of aromatic nitrogens is 3. The molecule has 4 aromatic rings. The quantitative estimate of drug-likeness (QED) is 0.546. The molecule has 4 nitrogen and oxygen atoms in total. The summed E-state index contributed by atoms with van der Waals surface area (Å²) in [6, 6.07) is 14.5. The first-order valence-electron chi connectivity index (χ1n) is 8.03. The Morgan fingerprint density at radius 3 is 2.88 bits per heavy atom. The minimum Gasteiger partial charge on any atom is -0.491 e. The van der Waals surface area contributed by atoms with Crippen molar-refractivity contribution in [2.24, 2.45) is 0 Å². The van der Waals surface area contributed by atoms with E-state index in [1.54, 1.807) is 24.8 Å². The highest BCUT2D eigenvalue weighted by molar-refractivity contribution is 5.84. The van der Waals surface area contributed by atoms with Crippen LogP contribution in [-0.2, 0) is 6.54 Å². The maximum atomic E-state index is 13.3. The van der Waals surface area contributed by atoms with Gasteiger partial charge in [-0.3, -0.25) is 4.98 Å². The van der Waals surface area contributed by atoms with Crippen molar-refractivity contribution >= 4 is 10.9 Å². The van der Waals surface area contributed by atoms with Crippen molar-refractivity contribution in [2.75, 3.05) is 6.61 Å². The van der Waals surface area contributed by atoms with Gasteiger partial charge in [-0.2, -0.15) is 0 Å². The zero-order valence-electron chi connectivity index (χ0n) is 13.5. The highest BCUT2D eigenvalue weighted by Gasteiger charge is 2.08. The second-order valence-corrected chi connectivity index (χ2v) is 5.71. The zero-order chi connectivity index (χ0) is 17.1. The van der Waals surface area contributed by atoms with Crippen LogP contribution in [0.2, 0.25) is 0 Å². The molecule has 0 aliphatic rings. The Hall–Kier alpha value is -3.21. The molecule has 5 heteroatoms. The maximum Gasteiger partial charge on any atom is 0.127 e. The fourth-order valence-corrected chi connectivity index (χ4v) is 2.75. The normalized spacial score (nSPS) is 10.9. The molecule has 0 bridgehead atoms. The fourth-order valence-electron chi connectivity index (χ4n) is 2.75. The summed E-state index contributed by atoms with van der Waals surface area (Å²) in [6.07, 6.45) is 7.17. The van der Waals surface area contributed by atoms with Gasteiger partial charge in [-0.15, -0.1) is 0 Å². The van der Waals surface area contributed by atoms with E-state index in [0.717, 1.165) is 28.8 Å². The molecule has 2 aromatic carbocycles. The van der Waals surface area contributed by atoms with Crippen LogP contribution in [0, 0.1) is 5.82 Å². The van der Waals surface area contributed by atoms with Gasteiger partial charge in [0, 0.05) is 41.2 Å². The van der Waals surface area contributed by atoms with Crippen LogP contribution in [0.4, 0.5) is 4.39 Å². The Labute approximate surface area is 144 Å². The molecular weight excluding hydrogens is 317 g/mol. The lowest BCUT2D eigenvalue weighted by molar-refractivity contribution is 0.299. The zero-order valence-corrected chi connectivity index (χ0v) is 13.5. The van der Waals surface area contributed by atoms with Crippen LogP contribution in [-0.4, -0.2) is 21.1 Å². The number of pyridine rings is 1. The van der Waals surface area contributed by atoms with E-state index in [1.165, 1.54) is 12.1 Å². The van der Waals surface area contributed by atoms with E-state index in [9.17, 15) is 4.39 Å². The first-order chi connectivity index (χ1) is 12.3. The van der Waals surface area contributed by atoms with E-state index < -0.39 is 0 Å². The number of nitrogens with zero attached hydrogens (tertiary/aromatic N) is 3. The summed E-state index contributed by atoms with van der Waals surface area (Å²) in [5.74, 6) is 0.516. The van der Waals surface area contributed by atoms with Gasteiger partial charge >= 0.3 is 0 Å². The standard InChI is InChI=1S/C20H16FN3O/c21-17-6-5-15-11-16(13-23-19(15)12-17)18-3-1-2-4-20(18)25-10-9-24-8-7-22-14-24/h1-8,11-14H,9-10H2. The van der Waals surface area contributed by atoms with Crippen LogP contribution < -0.4 is 4.74 Å². The highest BCUT2D eigenvalue weighted by atomic mass is 19.1. The summed E-state index contributed by atoms with van der Waals surface area (Å²) < 4.78 is 21.2. The number of halogens is 1. The van der Waals surface area contributed by atoms with Crippen LogP contribution in [0.1, 0.15) is 0 Å². The Morgan fingerprint density at radius 1 is 1.08 bits per heavy atom. The lowest BCUT2D eigenvalue weighted by atomic mass is 10.0. The average Bonchev–Trinajstić information content (AvgIpc) is 3.15. The Bertz CT molecular complexity index is 999. The largest absolute Gasteiger partial charge is 0.491 e. The first kappa shape index (κ1) is 15.3. The lowest BCUT2D eigenvalue weighted by Crippen LogP contribution is -2.07. The molecule has 0 radical (unpaired) electrons. The molecule has 4 rings (SSSR count). The van der Waals surface area contributed by atoms with Crippen LogP contribution in [0.3, 0.4) is 0 Å². The molecule has 0 amide bonds. The molecule has 0 N–H and O–H groups in total. The smallest absolute Gasteiger partial charge is 0.127 e. The van der Waals surface area contributed by atoms with Crippen LogP contribution >= 0.6 is 0 Å². The number of benzene rings is 2. The van der Waals surface area contributed by atoms with Crippen LogP contribution in [0.25, 0.3) is 22.0 Å². The molecule has 0 unspecified atom stereocenters. The van der Waals surface area contributed by atoms with E-state index in [-0.39, 0.29) is 5.82 Å². The van der Waals surface area contributed by atoms with Crippen molar-refractivity contribution in [2.45, 2.75) is 6.54 Å². The Kier molecular flexibility index (Phi) is 4.12. The van der Waals surface area contributed by atoms with Gasteiger partial charge in [-0.05, 0) is 24.3 Å². The van der Waals surface area contributed by atoms with E-state index >= 15 is 0 Å². The minimum atomic E-state index is -0.281. The van der Waals surface area contributed by atoms with Crippen molar-refractivity contribution in [3.05, 3.63) is 79.3 Å². The van der Waals surface area contributed by atoms with Gasteiger partial charge in [0.1, 0.15) is 18.2 Å². The number of hydrogen-bond donors (Lipinski definition) is 0. The average molecular weight is 333 g/mol. The molecule has 0 saturated carbocycles. The summed E-state index contributed by atoms with van der Waals surface area (Å²) in [5.41, 5.74) is 2.55. The molecule has 0 saturated heterocycles. The summed E-state index contributed by atoms with van der Waals surface area (Å²) in [7, 11) is 0. The second-order valence-electron chi connectivity index (χ2n) is 5.71. The molecule has 0 aliphatic heterocycles. The van der Waals surface area contributed by atoms with E-state index in [2.05, 4.69) is 9.97 Å². The molecule has 0 fully saturated rings. The van der Waals surface area contributed by atoms with Crippen molar-refractivity contribution in [1.82, 2.24) is 14.5 Å². The summed E-state index contributed by atoms with van der Waals surface area (Å²) >= 11 is 0. The third-order valence-corrected chi connectivity index (χ3v) is 4.01. The minimum absolute atomic E-state index is 0.281. The Balaban J connectivity index is 1.60. The summed E-state index contributed by atoms with van der Waals surface area (Å²) in [6.45, 7) is 1.27. The third-order valence-electron chi connectivity index (χ3n) is 4.01. The number of fused-ring (bicyclic) bond motifs is 1. The number of para-hydroxylation sites is 1. The summed E-state index contributed by atoms with van der Waals surface area (Å²) in [5, 5.41) is 0.895. The molecule has 0 spiro atoms. The van der Waals surface area contributed by atoms with E-state index in [4.69, 9.17) is 4.74 Å². The van der Waals surface area contributed by atoms with Gasteiger partial charge in [-0.25, -0.2) is 9.37 Å². The molecule has 0 atom stereocenters. The van der Waals surface area contributed by atoms with Gasteiger partial charge in [0.15, 0.2) is 0 Å². The van der Waals surface area contributed by atoms with Gasteiger partial charge < -0.3 is 9.30 Å². The van der Waals surface area contributed by atoms with Crippen molar-refractivity contribution in [3.63, 3.8) is 0 Å². The molecule has 25 heavy (non-hydrogen) atoms. The fraction of sp³-hybridized carbons (Fsp3) is 0.100. The number of imidazole rings is 1. The van der Waals surface area contributed by atoms with E-state index in [1.807, 2.05) is 41.1 Å². The van der Waals surface area contributed by atoms with Crippen LogP contribution in [0.15, 0.2) is 73.4 Å². The van der Waals surface area contributed by atoms with Gasteiger partial charge in [0.2, 0.25) is 0 Å². The SMILES string of the molecule is Fc1ccc2cc(-c3ccccc3OCCn3ccnc3)cnc2c1.